The highest BCUT2D eigenvalue weighted by molar-refractivity contribution is 6.01. The number of hydrogen-bond acceptors (Lipinski definition) is 5. The summed E-state index contributed by atoms with van der Waals surface area (Å²) >= 11 is 0. The van der Waals surface area contributed by atoms with E-state index in [-0.39, 0.29) is 5.91 Å². The summed E-state index contributed by atoms with van der Waals surface area (Å²) in [4.78, 5) is 20.3. The molecule has 1 N–H and O–H groups in total. The van der Waals surface area contributed by atoms with Crippen molar-refractivity contribution in [3.8, 4) is 6.07 Å². The van der Waals surface area contributed by atoms with Gasteiger partial charge in [-0.15, -0.1) is 0 Å². The Morgan fingerprint density at radius 1 is 1.24 bits per heavy atom. The van der Waals surface area contributed by atoms with Crippen LogP contribution < -0.4 is 10.2 Å². The zero-order chi connectivity index (χ0) is 18.0. The minimum Gasteiger partial charge on any atom is -0.381 e. The van der Waals surface area contributed by atoms with Crippen LogP contribution in [0.3, 0.4) is 0 Å². The number of carbonyl (C=O) groups excluding carboxylic acids is 1. The fourth-order valence-corrected chi connectivity index (χ4v) is 3.21. The number of nitriles is 1. The minimum atomic E-state index is 0.112. The number of hydrogen-bond donors (Lipinski definition) is 1. The normalized spacial score (nSPS) is 14.7. The molecular formula is C19H23N5O. The first-order valence-corrected chi connectivity index (χ1v) is 8.59. The van der Waals surface area contributed by atoms with E-state index in [9.17, 15) is 10.1 Å². The molecule has 25 heavy (non-hydrogen) atoms. The minimum absolute atomic E-state index is 0.112. The van der Waals surface area contributed by atoms with E-state index in [1.54, 1.807) is 6.92 Å². The molecule has 0 bridgehead atoms. The van der Waals surface area contributed by atoms with Gasteiger partial charge in [-0.1, -0.05) is 6.07 Å². The molecule has 0 radical (unpaired) electrons. The van der Waals surface area contributed by atoms with Crippen molar-refractivity contribution in [2.75, 3.05) is 36.4 Å². The summed E-state index contributed by atoms with van der Waals surface area (Å²) in [6.07, 6.45) is 1.86. The Hall–Kier alpha value is -2.81. The first-order chi connectivity index (χ1) is 12.0. The molecule has 0 saturated carbocycles. The van der Waals surface area contributed by atoms with E-state index in [2.05, 4.69) is 35.1 Å². The van der Waals surface area contributed by atoms with Gasteiger partial charge >= 0.3 is 0 Å². The number of amides is 1. The van der Waals surface area contributed by atoms with Crippen LogP contribution in [0, 0.1) is 11.3 Å². The van der Waals surface area contributed by atoms with Crippen LogP contribution in [0.4, 0.5) is 11.5 Å². The fraction of sp³-hybridized carbons (Fsp3) is 0.421. The predicted octanol–water partition coefficient (Wildman–Crippen LogP) is 2.60. The molecule has 1 aromatic heterocycles. The maximum absolute atomic E-state index is 11.5. The number of anilines is 2. The third-order valence-electron chi connectivity index (χ3n) is 4.46. The van der Waals surface area contributed by atoms with Crippen LogP contribution in [0.1, 0.15) is 26.3 Å². The first kappa shape index (κ1) is 17.0. The van der Waals surface area contributed by atoms with E-state index in [4.69, 9.17) is 0 Å². The van der Waals surface area contributed by atoms with Crippen LogP contribution in [0.15, 0.2) is 24.4 Å². The Kier molecular flexibility index (Phi) is 4.75. The highest BCUT2D eigenvalue weighted by Crippen LogP contribution is 2.32. The van der Waals surface area contributed by atoms with Crippen molar-refractivity contribution in [1.82, 2.24) is 9.88 Å². The van der Waals surface area contributed by atoms with Crippen molar-refractivity contribution in [2.24, 2.45) is 0 Å². The lowest BCUT2D eigenvalue weighted by Gasteiger charge is -2.35. The molecule has 130 valence electrons. The van der Waals surface area contributed by atoms with Gasteiger partial charge in [-0.2, -0.15) is 5.26 Å². The summed E-state index contributed by atoms with van der Waals surface area (Å²) in [5.74, 6) is 0.991. The topological polar surface area (TPSA) is 72.3 Å². The van der Waals surface area contributed by atoms with Gasteiger partial charge in [-0.3, -0.25) is 4.79 Å². The summed E-state index contributed by atoms with van der Waals surface area (Å²) in [5.41, 5.74) is 1.60. The third kappa shape index (κ3) is 3.50. The van der Waals surface area contributed by atoms with Crippen LogP contribution in [0.2, 0.25) is 0 Å². The monoisotopic (exact) mass is 337 g/mol. The molecule has 6 heteroatoms. The fourth-order valence-electron chi connectivity index (χ4n) is 3.21. The standard InChI is InChI=1S/C19H23N5O/c1-13(2)22-18-12-21-19(17-10-15(11-20)4-5-16(17)18)24-8-6-23(7-9-24)14(3)25/h4-5,10,12-13,22H,6-9H2,1-3H3. The molecule has 6 nitrogen and oxygen atoms in total. The maximum Gasteiger partial charge on any atom is 0.219 e. The second kappa shape index (κ2) is 6.98. The van der Waals surface area contributed by atoms with Crippen molar-refractivity contribution in [2.45, 2.75) is 26.8 Å². The van der Waals surface area contributed by atoms with Gasteiger partial charge in [-0.25, -0.2) is 4.98 Å². The second-order valence-corrected chi connectivity index (χ2v) is 6.66. The van der Waals surface area contributed by atoms with Crippen LogP contribution in [-0.2, 0) is 4.79 Å². The van der Waals surface area contributed by atoms with Crippen molar-refractivity contribution >= 4 is 28.2 Å². The molecule has 1 aliphatic heterocycles. The van der Waals surface area contributed by atoms with Gasteiger partial charge < -0.3 is 15.1 Å². The zero-order valence-corrected chi connectivity index (χ0v) is 14.9. The maximum atomic E-state index is 11.5. The van der Waals surface area contributed by atoms with Gasteiger partial charge in [-0.05, 0) is 26.0 Å². The number of aromatic nitrogens is 1. The number of carbonyl (C=O) groups is 1. The molecule has 1 saturated heterocycles. The number of pyridine rings is 1. The number of benzene rings is 1. The van der Waals surface area contributed by atoms with Crippen LogP contribution in [0.5, 0.6) is 0 Å². The summed E-state index contributed by atoms with van der Waals surface area (Å²) in [5, 5.41) is 14.7. The number of nitrogens with one attached hydrogen (secondary N) is 1. The smallest absolute Gasteiger partial charge is 0.219 e. The molecule has 1 amide bonds. The quantitative estimate of drug-likeness (QED) is 0.932. The van der Waals surface area contributed by atoms with E-state index >= 15 is 0 Å². The highest BCUT2D eigenvalue weighted by Gasteiger charge is 2.22. The molecule has 1 aliphatic rings. The van der Waals surface area contributed by atoms with Crippen molar-refractivity contribution in [1.29, 1.82) is 5.26 Å². The molecule has 2 heterocycles. The molecule has 1 fully saturated rings. The Balaban J connectivity index is 2.01. The Labute approximate surface area is 148 Å². The Morgan fingerprint density at radius 3 is 2.56 bits per heavy atom. The molecule has 0 aliphatic carbocycles. The molecular weight excluding hydrogens is 314 g/mol. The van der Waals surface area contributed by atoms with E-state index in [0.29, 0.717) is 24.7 Å². The summed E-state index contributed by atoms with van der Waals surface area (Å²) < 4.78 is 0. The van der Waals surface area contributed by atoms with Crippen LogP contribution >= 0.6 is 0 Å². The third-order valence-corrected chi connectivity index (χ3v) is 4.46. The lowest BCUT2D eigenvalue weighted by molar-refractivity contribution is -0.129. The number of fused-ring (bicyclic) bond motifs is 1. The lowest BCUT2D eigenvalue weighted by atomic mass is 10.1. The zero-order valence-electron chi connectivity index (χ0n) is 14.9. The van der Waals surface area contributed by atoms with E-state index in [0.717, 1.165) is 35.4 Å². The average molecular weight is 337 g/mol. The second-order valence-electron chi connectivity index (χ2n) is 6.66. The Morgan fingerprint density at radius 2 is 1.96 bits per heavy atom. The largest absolute Gasteiger partial charge is 0.381 e. The molecule has 0 atom stereocenters. The summed E-state index contributed by atoms with van der Waals surface area (Å²) in [6.45, 7) is 8.67. The van der Waals surface area contributed by atoms with Crippen molar-refractivity contribution < 1.29 is 4.79 Å². The van der Waals surface area contributed by atoms with Gasteiger partial charge in [0.05, 0.1) is 23.5 Å². The number of piperazine rings is 1. The molecule has 0 spiro atoms. The SMILES string of the molecule is CC(=O)N1CCN(c2ncc(NC(C)C)c3ccc(C#N)cc23)CC1. The van der Waals surface area contributed by atoms with E-state index < -0.39 is 0 Å². The molecule has 0 unspecified atom stereocenters. The lowest BCUT2D eigenvalue weighted by Crippen LogP contribution is -2.48. The molecule has 2 aromatic rings. The summed E-state index contributed by atoms with van der Waals surface area (Å²) in [7, 11) is 0. The highest BCUT2D eigenvalue weighted by atomic mass is 16.2. The first-order valence-electron chi connectivity index (χ1n) is 8.59. The molecule has 1 aromatic carbocycles. The number of nitrogens with zero attached hydrogens (tertiary/aromatic N) is 4. The Bertz CT molecular complexity index is 832. The summed E-state index contributed by atoms with van der Waals surface area (Å²) in [6, 6.07) is 8.23. The molecule has 3 rings (SSSR count). The van der Waals surface area contributed by atoms with Gasteiger partial charge in [0.25, 0.3) is 0 Å². The van der Waals surface area contributed by atoms with Crippen LogP contribution in [-0.4, -0.2) is 48.0 Å². The predicted molar refractivity (Wildman–Crippen MR) is 99.7 cm³/mol. The van der Waals surface area contributed by atoms with Crippen LogP contribution in [0.25, 0.3) is 10.8 Å². The van der Waals surface area contributed by atoms with E-state index in [1.165, 1.54) is 0 Å². The average Bonchev–Trinajstić information content (AvgIpc) is 2.61. The number of rotatable bonds is 3. The van der Waals surface area contributed by atoms with Gasteiger partial charge in [0.2, 0.25) is 5.91 Å². The van der Waals surface area contributed by atoms with Crippen molar-refractivity contribution in [3.05, 3.63) is 30.0 Å². The van der Waals surface area contributed by atoms with Gasteiger partial charge in [0, 0.05) is 49.9 Å². The van der Waals surface area contributed by atoms with E-state index in [1.807, 2.05) is 29.3 Å². The van der Waals surface area contributed by atoms with Gasteiger partial charge in [0.1, 0.15) is 5.82 Å². The van der Waals surface area contributed by atoms with Crippen molar-refractivity contribution in [3.63, 3.8) is 0 Å². The van der Waals surface area contributed by atoms with Gasteiger partial charge in [0.15, 0.2) is 0 Å².